The van der Waals surface area contributed by atoms with Gasteiger partial charge in [0, 0.05) is 6.54 Å². The van der Waals surface area contributed by atoms with E-state index in [1.54, 1.807) is 6.07 Å². The van der Waals surface area contributed by atoms with Gasteiger partial charge in [0.25, 0.3) is 0 Å². The Kier molecular flexibility index (Phi) is 2.85. The molecule has 1 rings (SSSR count). The molecule has 1 heterocycles. The zero-order valence-corrected chi connectivity index (χ0v) is 7.06. The summed E-state index contributed by atoms with van der Waals surface area (Å²) in [5.74, 6) is -1.36. The van der Waals surface area contributed by atoms with E-state index in [-0.39, 0.29) is 12.3 Å². The molecule has 5 nitrogen and oxygen atoms in total. The number of hydrogen-bond donors (Lipinski definition) is 1. The largest absolute Gasteiger partial charge is 0.480 e. The number of aliphatic carboxylic acids is 1. The average Bonchev–Trinajstić information content (AvgIpc) is 2.52. The maximum atomic E-state index is 11.2. The van der Waals surface area contributed by atoms with Gasteiger partial charge in [0.1, 0.15) is 12.5 Å². The lowest BCUT2D eigenvalue weighted by atomic mass is 10.2. The predicted octanol–water partition coefficient (Wildman–Crippen LogP) is -0.0243. The monoisotopic (exact) mass is 182 g/mol. The van der Waals surface area contributed by atoms with E-state index < -0.39 is 12.0 Å². The van der Waals surface area contributed by atoms with E-state index in [4.69, 9.17) is 10.4 Å². The summed E-state index contributed by atoms with van der Waals surface area (Å²) in [6, 6.07) is 0.998. The maximum Gasteiger partial charge on any atom is 0.326 e. The Morgan fingerprint density at radius 1 is 1.62 bits per heavy atom. The lowest BCUT2D eigenvalue weighted by Crippen LogP contribution is -2.40. The molecule has 13 heavy (non-hydrogen) atoms. The lowest BCUT2D eigenvalue weighted by molar-refractivity contribution is -0.147. The zero-order valence-electron chi connectivity index (χ0n) is 7.06. The molecular formula is C8H10N2O3. The number of carbonyl (C=O) groups is 2. The molecule has 0 bridgehead atoms. The first-order valence-electron chi connectivity index (χ1n) is 4.06. The van der Waals surface area contributed by atoms with Crippen molar-refractivity contribution in [3.8, 4) is 6.07 Å². The minimum Gasteiger partial charge on any atom is -0.480 e. The molecule has 0 aromatic heterocycles. The summed E-state index contributed by atoms with van der Waals surface area (Å²) in [6.45, 7) is 0.456. The van der Waals surface area contributed by atoms with Crippen molar-refractivity contribution in [3.63, 3.8) is 0 Å². The summed E-state index contributed by atoms with van der Waals surface area (Å²) in [4.78, 5) is 23.1. The van der Waals surface area contributed by atoms with Gasteiger partial charge in [-0.3, -0.25) is 4.79 Å². The molecule has 0 unspecified atom stereocenters. The number of carboxylic acid groups (broad SMARTS) is 1. The van der Waals surface area contributed by atoms with E-state index >= 15 is 0 Å². The first-order chi connectivity index (χ1) is 6.16. The minimum absolute atomic E-state index is 0.232. The van der Waals surface area contributed by atoms with Crippen LogP contribution in [0.15, 0.2) is 0 Å². The topological polar surface area (TPSA) is 81.4 Å². The highest BCUT2D eigenvalue weighted by atomic mass is 16.4. The number of nitrogens with zero attached hydrogens (tertiary/aromatic N) is 2. The summed E-state index contributed by atoms with van der Waals surface area (Å²) in [5.41, 5.74) is 0. The van der Waals surface area contributed by atoms with Crippen LogP contribution in [0.25, 0.3) is 0 Å². The van der Waals surface area contributed by atoms with Crippen LogP contribution in [-0.4, -0.2) is 34.5 Å². The van der Waals surface area contributed by atoms with Crippen LogP contribution in [0.5, 0.6) is 0 Å². The number of nitriles is 1. The second-order valence-electron chi connectivity index (χ2n) is 2.92. The summed E-state index contributed by atoms with van der Waals surface area (Å²) in [7, 11) is 0. The number of amides is 1. The minimum atomic E-state index is -0.983. The number of hydrogen-bond acceptors (Lipinski definition) is 3. The van der Waals surface area contributed by atoms with Crippen molar-refractivity contribution >= 4 is 11.9 Å². The molecule has 1 aliphatic heterocycles. The molecule has 0 aliphatic carbocycles. The Balaban J connectivity index is 2.64. The van der Waals surface area contributed by atoms with Gasteiger partial charge in [0.05, 0.1) is 6.07 Å². The van der Waals surface area contributed by atoms with Crippen molar-refractivity contribution in [2.24, 2.45) is 0 Å². The fraction of sp³-hybridized carbons (Fsp3) is 0.625. The number of likely N-dealkylation sites (tertiary alicyclic amines) is 1. The van der Waals surface area contributed by atoms with Gasteiger partial charge >= 0.3 is 5.97 Å². The molecule has 1 amide bonds. The summed E-state index contributed by atoms with van der Waals surface area (Å²) >= 11 is 0. The first kappa shape index (κ1) is 9.52. The van der Waals surface area contributed by atoms with Gasteiger partial charge in [-0.2, -0.15) is 5.26 Å². The fourth-order valence-electron chi connectivity index (χ4n) is 1.49. The molecule has 0 spiro atoms. The van der Waals surface area contributed by atoms with E-state index in [0.29, 0.717) is 19.4 Å². The highest BCUT2D eigenvalue weighted by molar-refractivity contribution is 5.85. The smallest absolute Gasteiger partial charge is 0.326 e. The molecule has 0 saturated carbocycles. The molecule has 1 fully saturated rings. The van der Waals surface area contributed by atoms with Gasteiger partial charge < -0.3 is 10.0 Å². The van der Waals surface area contributed by atoms with Crippen LogP contribution in [0.4, 0.5) is 0 Å². The van der Waals surface area contributed by atoms with Gasteiger partial charge in [-0.15, -0.1) is 0 Å². The van der Waals surface area contributed by atoms with Gasteiger partial charge in [-0.1, -0.05) is 0 Å². The number of rotatable bonds is 2. The maximum absolute atomic E-state index is 11.2. The third-order valence-corrected chi connectivity index (χ3v) is 2.09. The SMILES string of the molecule is N#CCC(=O)N1CCC[C@@H]1C(=O)O. The fourth-order valence-corrected chi connectivity index (χ4v) is 1.49. The Bertz CT molecular complexity index is 269. The highest BCUT2D eigenvalue weighted by Gasteiger charge is 2.33. The average molecular weight is 182 g/mol. The van der Waals surface area contributed by atoms with Crippen molar-refractivity contribution in [3.05, 3.63) is 0 Å². The van der Waals surface area contributed by atoms with E-state index in [1.807, 2.05) is 0 Å². The Morgan fingerprint density at radius 3 is 2.85 bits per heavy atom. The second kappa shape index (κ2) is 3.90. The van der Waals surface area contributed by atoms with Crippen LogP contribution in [-0.2, 0) is 9.59 Å². The van der Waals surface area contributed by atoms with Gasteiger partial charge in [0.15, 0.2) is 0 Å². The predicted molar refractivity (Wildman–Crippen MR) is 42.6 cm³/mol. The van der Waals surface area contributed by atoms with E-state index in [1.165, 1.54) is 4.90 Å². The van der Waals surface area contributed by atoms with Crippen LogP contribution in [0.2, 0.25) is 0 Å². The second-order valence-corrected chi connectivity index (χ2v) is 2.92. The van der Waals surface area contributed by atoms with Crippen LogP contribution in [0.3, 0.4) is 0 Å². The normalized spacial score (nSPS) is 21.2. The van der Waals surface area contributed by atoms with Crippen LogP contribution in [0, 0.1) is 11.3 Å². The molecular weight excluding hydrogens is 172 g/mol. The zero-order chi connectivity index (χ0) is 9.84. The molecule has 0 aromatic rings. The van der Waals surface area contributed by atoms with Crippen molar-refractivity contribution in [1.82, 2.24) is 4.90 Å². The van der Waals surface area contributed by atoms with Crippen molar-refractivity contribution in [2.45, 2.75) is 25.3 Å². The number of carboxylic acids is 1. The van der Waals surface area contributed by atoms with Crippen molar-refractivity contribution in [2.75, 3.05) is 6.54 Å². The van der Waals surface area contributed by atoms with Gasteiger partial charge in [-0.05, 0) is 12.8 Å². The third kappa shape index (κ3) is 1.96. The van der Waals surface area contributed by atoms with Crippen molar-refractivity contribution in [1.29, 1.82) is 5.26 Å². The van der Waals surface area contributed by atoms with Crippen LogP contribution < -0.4 is 0 Å². The van der Waals surface area contributed by atoms with Crippen molar-refractivity contribution < 1.29 is 14.7 Å². The molecule has 0 aromatic carbocycles. The summed E-state index contributed by atoms with van der Waals surface area (Å²) in [5, 5.41) is 17.0. The Labute approximate surface area is 75.6 Å². The standard InChI is InChI=1S/C8H10N2O3/c9-4-3-7(11)10-5-1-2-6(10)8(12)13/h6H,1-3,5H2,(H,12,13)/t6-/m1/s1. The van der Waals surface area contributed by atoms with Crippen LogP contribution >= 0.6 is 0 Å². The molecule has 1 aliphatic rings. The Hall–Kier alpha value is -1.57. The number of carbonyl (C=O) groups excluding carboxylic acids is 1. The molecule has 1 atom stereocenters. The lowest BCUT2D eigenvalue weighted by Gasteiger charge is -2.19. The molecule has 0 radical (unpaired) electrons. The first-order valence-corrected chi connectivity index (χ1v) is 4.06. The third-order valence-electron chi connectivity index (χ3n) is 2.09. The molecule has 1 saturated heterocycles. The van der Waals surface area contributed by atoms with E-state index in [9.17, 15) is 9.59 Å². The van der Waals surface area contributed by atoms with Crippen LogP contribution in [0.1, 0.15) is 19.3 Å². The highest BCUT2D eigenvalue weighted by Crippen LogP contribution is 2.17. The van der Waals surface area contributed by atoms with E-state index in [2.05, 4.69) is 0 Å². The molecule has 70 valence electrons. The summed E-state index contributed by atoms with van der Waals surface area (Å²) < 4.78 is 0. The quantitative estimate of drug-likeness (QED) is 0.650. The molecule has 5 heteroatoms. The van der Waals surface area contributed by atoms with E-state index in [0.717, 1.165) is 0 Å². The van der Waals surface area contributed by atoms with Gasteiger partial charge in [-0.25, -0.2) is 4.79 Å². The summed E-state index contributed by atoms with van der Waals surface area (Å²) in [6.07, 6.45) is 0.963. The Morgan fingerprint density at radius 2 is 2.31 bits per heavy atom. The van der Waals surface area contributed by atoms with Gasteiger partial charge in [0.2, 0.25) is 5.91 Å². The molecule has 1 N–H and O–H groups in total.